The second-order valence-corrected chi connectivity index (χ2v) is 6.19. The minimum Gasteiger partial charge on any atom is -0.481 e. The SMILES string of the molecule is CCN(CC(C)C(=O)O)C(=O)N1CCCN2CCCC2C1. The number of hydrogen-bond donors (Lipinski definition) is 1. The second-order valence-electron chi connectivity index (χ2n) is 6.19. The molecule has 2 unspecified atom stereocenters. The fourth-order valence-corrected chi connectivity index (χ4v) is 3.33. The molecule has 2 amide bonds. The van der Waals surface area contributed by atoms with Gasteiger partial charge in [0.1, 0.15) is 0 Å². The Morgan fingerprint density at radius 2 is 2.00 bits per heavy atom. The van der Waals surface area contributed by atoms with Crippen LogP contribution in [0.4, 0.5) is 4.79 Å². The molecule has 2 atom stereocenters. The number of fused-ring (bicyclic) bond motifs is 1. The summed E-state index contributed by atoms with van der Waals surface area (Å²) < 4.78 is 0. The van der Waals surface area contributed by atoms with Crippen molar-refractivity contribution in [2.24, 2.45) is 5.92 Å². The summed E-state index contributed by atoms with van der Waals surface area (Å²) in [5.41, 5.74) is 0. The number of carbonyl (C=O) groups excluding carboxylic acids is 1. The fourth-order valence-electron chi connectivity index (χ4n) is 3.33. The molecule has 6 heteroatoms. The predicted molar refractivity (Wildman–Crippen MR) is 80.2 cm³/mol. The summed E-state index contributed by atoms with van der Waals surface area (Å²) in [5, 5.41) is 9.03. The van der Waals surface area contributed by atoms with Gasteiger partial charge in [0.25, 0.3) is 0 Å². The first-order chi connectivity index (χ1) is 10.0. The summed E-state index contributed by atoms with van der Waals surface area (Å²) in [6.45, 7) is 8.20. The lowest BCUT2D eigenvalue weighted by atomic mass is 10.1. The highest BCUT2D eigenvalue weighted by atomic mass is 16.4. The highest BCUT2D eigenvalue weighted by Crippen LogP contribution is 2.22. The third-order valence-corrected chi connectivity index (χ3v) is 4.64. The highest BCUT2D eigenvalue weighted by molar-refractivity contribution is 5.76. The van der Waals surface area contributed by atoms with Crippen LogP contribution in [0.25, 0.3) is 0 Å². The average Bonchev–Trinajstić information content (AvgIpc) is 2.80. The van der Waals surface area contributed by atoms with E-state index in [2.05, 4.69) is 4.90 Å². The molecule has 2 heterocycles. The maximum atomic E-state index is 12.7. The number of carbonyl (C=O) groups is 2. The first kappa shape index (κ1) is 16.1. The number of hydrogen-bond acceptors (Lipinski definition) is 3. The van der Waals surface area contributed by atoms with Gasteiger partial charge in [-0.2, -0.15) is 0 Å². The van der Waals surface area contributed by atoms with Gasteiger partial charge in [-0.25, -0.2) is 4.79 Å². The Balaban J connectivity index is 1.97. The van der Waals surface area contributed by atoms with Crippen LogP contribution in [0.3, 0.4) is 0 Å². The Morgan fingerprint density at radius 1 is 1.29 bits per heavy atom. The molecule has 2 fully saturated rings. The molecule has 0 aromatic heterocycles. The smallest absolute Gasteiger partial charge is 0.320 e. The van der Waals surface area contributed by atoms with Crippen molar-refractivity contribution in [2.75, 3.05) is 39.3 Å². The Kier molecular flexibility index (Phi) is 5.45. The number of carboxylic acid groups (broad SMARTS) is 1. The minimum atomic E-state index is -0.848. The lowest BCUT2D eigenvalue weighted by Gasteiger charge is -2.32. The quantitative estimate of drug-likeness (QED) is 0.850. The molecule has 2 rings (SSSR count). The van der Waals surface area contributed by atoms with Crippen molar-refractivity contribution in [2.45, 2.75) is 39.2 Å². The van der Waals surface area contributed by atoms with Crippen LogP contribution in [-0.2, 0) is 4.79 Å². The molecule has 120 valence electrons. The Hall–Kier alpha value is -1.30. The van der Waals surface area contributed by atoms with Gasteiger partial charge in [-0.3, -0.25) is 9.69 Å². The van der Waals surface area contributed by atoms with Crippen LogP contribution in [0, 0.1) is 5.92 Å². The summed E-state index contributed by atoms with van der Waals surface area (Å²) in [6.07, 6.45) is 3.40. The Bertz CT molecular complexity index is 388. The number of aliphatic carboxylic acids is 1. The largest absolute Gasteiger partial charge is 0.481 e. The van der Waals surface area contributed by atoms with Gasteiger partial charge >= 0.3 is 12.0 Å². The van der Waals surface area contributed by atoms with Crippen LogP contribution >= 0.6 is 0 Å². The van der Waals surface area contributed by atoms with Crippen molar-refractivity contribution in [3.63, 3.8) is 0 Å². The molecule has 0 aromatic carbocycles. The molecule has 0 aromatic rings. The van der Waals surface area contributed by atoms with Crippen molar-refractivity contribution >= 4 is 12.0 Å². The van der Waals surface area contributed by atoms with Crippen LogP contribution in [-0.4, -0.2) is 77.1 Å². The number of urea groups is 1. The molecule has 0 spiro atoms. The second kappa shape index (κ2) is 7.11. The molecule has 0 radical (unpaired) electrons. The summed E-state index contributed by atoms with van der Waals surface area (Å²) in [6, 6.07) is 0.492. The van der Waals surface area contributed by atoms with E-state index in [1.54, 1.807) is 11.8 Å². The molecule has 2 aliphatic heterocycles. The zero-order valence-corrected chi connectivity index (χ0v) is 13.1. The van der Waals surface area contributed by atoms with Crippen molar-refractivity contribution in [3.05, 3.63) is 0 Å². The van der Waals surface area contributed by atoms with Gasteiger partial charge < -0.3 is 14.9 Å². The van der Waals surface area contributed by atoms with E-state index >= 15 is 0 Å². The monoisotopic (exact) mass is 297 g/mol. The van der Waals surface area contributed by atoms with E-state index in [0.29, 0.717) is 12.6 Å². The van der Waals surface area contributed by atoms with E-state index in [9.17, 15) is 9.59 Å². The van der Waals surface area contributed by atoms with E-state index in [-0.39, 0.29) is 12.6 Å². The molecule has 0 bridgehead atoms. The molecule has 0 aliphatic carbocycles. The van der Waals surface area contributed by atoms with Gasteiger partial charge in [-0.05, 0) is 32.7 Å². The van der Waals surface area contributed by atoms with Crippen LogP contribution in [0.1, 0.15) is 33.1 Å². The topological polar surface area (TPSA) is 64.1 Å². The van der Waals surface area contributed by atoms with Crippen molar-refractivity contribution in [1.82, 2.24) is 14.7 Å². The summed E-state index contributed by atoms with van der Waals surface area (Å²) in [5.74, 6) is -1.37. The van der Waals surface area contributed by atoms with E-state index in [1.807, 2.05) is 11.8 Å². The van der Waals surface area contributed by atoms with Crippen molar-refractivity contribution < 1.29 is 14.7 Å². The number of amides is 2. The zero-order valence-electron chi connectivity index (χ0n) is 13.1. The van der Waals surface area contributed by atoms with Gasteiger partial charge in [-0.1, -0.05) is 6.92 Å². The Labute approximate surface area is 126 Å². The van der Waals surface area contributed by atoms with E-state index < -0.39 is 11.9 Å². The van der Waals surface area contributed by atoms with Crippen LogP contribution in [0.15, 0.2) is 0 Å². The lowest BCUT2D eigenvalue weighted by Crippen LogP contribution is -2.48. The van der Waals surface area contributed by atoms with Gasteiger partial charge in [0, 0.05) is 38.8 Å². The van der Waals surface area contributed by atoms with E-state index in [4.69, 9.17) is 5.11 Å². The van der Waals surface area contributed by atoms with Gasteiger partial charge in [0.05, 0.1) is 5.92 Å². The number of carboxylic acids is 1. The van der Waals surface area contributed by atoms with Gasteiger partial charge in [-0.15, -0.1) is 0 Å². The molecule has 2 saturated heterocycles. The van der Waals surface area contributed by atoms with Crippen LogP contribution < -0.4 is 0 Å². The standard InChI is InChI=1S/C15H27N3O3/c1-3-16(10-12(2)14(19)20)15(21)18-9-5-8-17-7-4-6-13(17)11-18/h12-13H,3-11H2,1-2H3,(H,19,20). The molecule has 21 heavy (non-hydrogen) atoms. The third kappa shape index (κ3) is 3.87. The lowest BCUT2D eigenvalue weighted by molar-refractivity contribution is -0.141. The molecule has 0 saturated carbocycles. The molecular formula is C15H27N3O3. The van der Waals surface area contributed by atoms with Crippen molar-refractivity contribution in [1.29, 1.82) is 0 Å². The number of rotatable bonds is 4. The maximum absolute atomic E-state index is 12.7. The first-order valence-electron chi connectivity index (χ1n) is 8.03. The van der Waals surface area contributed by atoms with Crippen molar-refractivity contribution in [3.8, 4) is 0 Å². The molecule has 1 N–H and O–H groups in total. The average molecular weight is 297 g/mol. The van der Waals surface area contributed by atoms with Gasteiger partial charge in [0.2, 0.25) is 0 Å². The van der Waals surface area contributed by atoms with E-state index in [0.717, 1.165) is 32.6 Å². The minimum absolute atomic E-state index is 0.000602. The number of nitrogens with zero attached hydrogens (tertiary/aromatic N) is 3. The summed E-state index contributed by atoms with van der Waals surface area (Å²) >= 11 is 0. The fraction of sp³-hybridized carbons (Fsp3) is 0.867. The zero-order chi connectivity index (χ0) is 15.4. The molecular weight excluding hydrogens is 270 g/mol. The van der Waals surface area contributed by atoms with Crippen LogP contribution in [0.2, 0.25) is 0 Å². The molecule has 6 nitrogen and oxygen atoms in total. The summed E-state index contributed by atoms with van der Waals surface area (Å²) in [4.78, 5) is 29.7. The summed E-state index contributed by atoms with van der Waals surface area (Å²) in [7, 11) is 0. The highest BCUT2D eigenvalue weighted by Gasteiger charge is 2.32. The van der Waals surface area contributed by atoms with E-state index in [1.165, 1.54) is 12.8 Å². The molecule has 2 aliphatic rings. The normalized spacial score (nSPS) is 24.3. The predicted octanol–water partition coefficient (Wildman–Crippen LogP) is 1.32. The van der Waals surface area contributed by atoms with Gasteiger partial charge in [0.15, 0.2) is 0 Å². The Morgan fingerprint density at radius 3 is 2.67 bits per heavy atom. The van der Waals surface area contributed by atoms with Crippen LogP contribution in [0.5, 0.6) is 0 Å². The first-order valence-corrected chi connectivity index (χ1v) is 8.03. The maximum Gasteiger partial charge on any atom is 0.320 e. The third-order valence-electron chi connectivity index (χ3n) is 4.64.